The number of anilines is 3. The number of carbonyl (C=O) groups excluding carboxylic acids is 1. The lowest BCUT2D eigenvalue weighted by Crippen LogP contribution is -2.15. The molecule has 0 bridgehead atoms. The number of amides is 1. The molecular weight excluding hydrogens is 517 g/mol. The number of carbonyl (C=O) groups is 1. The van der Waals surface area contributed by atoms with E-state index in [1.807, 2.05) is 24.4 Å². The van der Waals surface area contributed by atoms with Crippen molar-refractivity contribution in [3.8, 4) is 0 Å². The van der Waals surface area contributed by atoms with Crippen LogP contribution in [0, 0.1) is 17.5 Å². The second-order valence-electron chi connectivity index (χ2n) is 9.16. The summed E-state index contributed by atoms with van der Waals surface area (Å²) in [5, 5.41) is 13.3. The van der Waals surface area contributed by atoms with Crippen LogP contribution in [0.5, 0.6) is 0 Å². The maximum absolute atomic E-state index is 14.2. The molecule has 2 N–H and O–H groups in total. The third-order valence-corrected chi connectivity index (χ3v) is 6.66. The van der Waals surface area contributed by atoms with Gasteiger partial charge in [0.2, 0.25) is 5.95 Å². The van der Waals surface area contributed by atoms with E-state index in [-0.39, 0.29) is 11.8 Å². The highest BCUT2D eigenvalue weighted by molar-refractivity contribution is 6.27. The second kappa shape index (κ2) is 9.05. The molecular formula is C30H17F3N6O. The number of rotatable bonds is 4. The Bertz CT molecular complexity index is 2120. The molecule has 0 fully saturated rings. The minimum absolute atomic E-state index is 0.282. The lowest BCUT2D eigenvalue weighted by Gasteiger charge is -2.11. The zero-order chi connectivity index (χ0) is 27.4. The summed E-state index contributed by atoms with van der Waals surface area (Å²) in [6.07, 6.45) is 3.48. The first kappa shape index (κ1) is 23.6. The van der Waals surface area contributed by atoms with E-state index < -0.39 is 23.1 Å². The van der Waals surface area contributed by atoms with Crippen molar-refractivity contribution in [2.24, 2.45) is 0 Å². The van der Waals surface area contributed by atoms with Crippen LogP contribution in [-0.4, -0.2) is 25.5 Å². The van der Waals surface area contributed by atoms with Crippen LogP contribution >= 0.6 is 0 Å². The fourth-order valence-electron chi connectivity index (χ4n) is 4.91. The molecule has 0 atom stereocenters. The van der Waals surface area contributed by atoms with Gasteiger partial charge in [0, 0.05) is 34.5 Å². The normalized spacial score (nSPS) is 11.5. The van der Waals surface area contributed by atoms with Gasteiger partial charge in [-0.25, -0.2) is 27.7 Å². The molecule has 3 aromatic heterocycles. The molecule has 0 saturated heterocycles. The quantitative estimate of drug-likeness (QED) is 0.238. The minimum Gasteiger partial charge on any atom is -0.324 e. The summed E-state index contributed by atoms with van der Waals surface area (Å²) in [6.45, 7) is 0. The molecule has 0 spiro atoms. The summed E-state index contributed by atoms with van der Waals surface area (Å²) in [7, 11) is 0. The Morgan fingerprint density at radius 1 is 0.775 bits per heavy atom. The summed E-state index contributed by atoms with van der Waals surface area (Å²) < 4.78 is 43.9. The van der Waals surface area contributed by atoms with Crippen LogP contribution < -0.4 is 10.6 Å². The van der Waals surface area contributed by atoms with Crippen molar-refractivity contribution >= 4 is 61.3 Å². The molecule has 7 nitrogen and oxygen atoms in total. The van der Waals surface area contributed by atoms with Gasteiger partial charge < -0.3 is 10.6 Å². The van der Waals surface area contributed by atoms with Crippen LogP contribution in [0.1, 0.15) is 10.4 Å². The van der Waals surface area contributed by atoms with Crippen molar-refractivity contribution in [3.63, 3.8) is 0 Å². The first-order valence-corrected chi connectivity index (χ1v) is 12.2. The lowest BCUT2D eigenvalue weighted by molar-refractivity contribution is 0.101. The second-order valence-corrected chi connectivity index (χ2v) is 9.16. The summed E-state index contributed by atoms with van der Waals surface area (Å²) in [5.74, 6) is -2.91. The maximum atomic E-state index is 14.2. The third-order valence-electron chi connectivity index (χ3n) is 6.66. The van der Waals surface area contributed by atoms with E-state index in [0.717, 1.165) is 33.8 Å². The van der Waals surface area contributed by atoms with Crippen molar-refractivity contribution in [3.05, 3.63) is 114 Å². The number of hydrogen-bond acceptors (Lipinski definition) is 5. The van der Waals surface area contributed by atoms with Gasteiger partial charge in [0.15, 0.2) is 0 Å². The fraction of sp³-hybridized carbons (Fsp3) is 0. The summed E-state index contributed by atoms with van der Waals surface area (Å²) in [4.78, 5) is 22.0. The van der Waals surface area contributed by atoms with Crippen molar-refractivity contribution in [1.29, 1.82) is 0 Å². The van der Waals surface area contributed by atoms with Gasteiger partial charge >= 0.3 is 0 Å². The number of halogens is 3. The number of fused-ring (bicyclic) bond motifs is 8. The number of pyridine rings is 1. The lowest BCUT2D eigenvalue weighted by atomic mass is 10.0. The smallest absolute Gasteiger partial charge is 0.261 e. The zero-order valence-corrected chi connectivity index (χ0v) is 20.5. The molecule has 7 rings (SSSR count). The Labute approximate surface area is 223 Å². The van der Waals surface area contributed by atoms with Crippen molar-refractivity contribution in [1.82, 2.24) is 19.6 Å². The Morgan fingerprint density at radius 3 is 2.42 bits per heavy atom. The molecule has 3 heterocycles. The van der Waals surface area contributed by atoms with Crippen molar-refractivity contribution in [2.75, 3.05) is 10.6 Å². The monoisotopic (exact) mass is 534 g/mol. The molecule has 10 heteroatoms. The highest BCUT2D eigenvalue weighted by Crippen LogP contribution is 2.37. The molecule has 0 radical (unpaired) electrons. The van der Waals surface area contributed by atoms with Crippen LogP contribution in [0.4, 0.5) is 30.5 Å². The summed E-state index contributed by atoms with van der Waals surface area (Å²) in [6, 6.07) is 20.0. The van der Waals surface area contributed by atoms with Crippen LogP contribution in [-0.2, 0) is 0 Å². The molecule has 0 aliphatic heterocycles. The van der Waals surface area contributed by atoms with Crippen molar-refractivity contribution in [2.45, 2.75) is 0 Å². The number of aromatic nitrogens is 4. The Morgan fingerprint density at radius 2 is 1.60 bits per heavy atom. The van der Waals surface area contributed by atoms with Gasteiger partial charge in [0.1, 0.15) is 28.5 Å². The Balaban J connectivity index is 1.41. The molecule has 0 aliphatic carbocycles. The van der Waals surface area contributed by atoms with E-state index in [0.29, 0.717) is 27.8 Å². The van der Waals surface area contributed by atoms with E-state index in [2.05, 4.69) is 15.6 Å². The number of benzene rings is 4. The third kappa shape index (κ3) is 3.85. The van der Waals surface area contributed by atoms with Gasteiger partial charge in [0.05, 0.1) is 16.4 Å². The molecule has 0 aliphatic rings. The first-order chi connectivity index (χ1) is 19.5. The maximum Gasteiger partial charge on any atom is 0.261 e. The van der Waals surface area contributed by atoms with E-state index in [4.69, 9.17) is 10.1 Å². The summed E-state index contributed by atoms with van der Waals surface area (Å²) in [5.41, 5.74) is 2.21. The molecule has 4 aromatic carbocycles. The van der Waals surface area contributed by atoms with Crippen LogP contribution in [0.15, 0.2) is 91.3 Å². The Hall–Kier alpha value is -5.51. The molecule has 40 heavy (non-hydrogen) atoms. The zero-order valence-electron chi connectivity index (χ0n) is 20.5. The predicted octanol–water partition coefficient (Wildman–Crippen LogP) is 7.00. The van der Waals surface area contributed by atoms with Gasteiger partial charge in [-0.15, -0.1) is 0 Å². The standard InChI is InChI=1S/C30H17F3N6O/c31-16-5-3-6-17(13-16)36-30-34-15-21-19-11-10-18(35-29(40)25-22(32)7-4-8-23(25)33)14-20(19)28-26(27(21)37-30)24-9-1-2-12-39(24)38-28/h1-15H,(H,35,40)(H,34,36,37). The largest absolute Gasteiger partial charge is 0.324 e. The molecule has 0 unspecified atom stereocenters. The number of nitrogens with zero attached hydrogens (tertiary/aromatic N) is 4. The van der Waals surface area contributed by atoms with Crippen LogP contribution in [0.25, 0.3) is 38.1 Å². The van der Waals surface area contributed by atoms with Gasteiger partial charge in [0.25, 0.3) is 5.91 Å². The van der Waals surface area contributed by atoms with Crippen molar-refractivity contribution < 1.29 is 18.0 Å². The number of nitrogens with one attached hydrogen (secondary N) is 2. The fourth-order valence-corrected chi connectivity index (χ4v) is 4.91. The molecule has 194 valence electrons. The summed E-state index contributed by atoms with van der Waals surface area (Å²) >= 11 is 0. The van der Waals surface area contributed by atoms with E-state index in [9.17, 15) is 18.0 Å². The highest BCUT2D eigenvalue weighted by atomic mass is 19.1. The minimum atomic E-state index is -0.952. The highest BCUT2D eigenvalue weighted by Gasteiger charge is 2.20. The van der Waals surface area contributed by atoms with Gasteiger partial charge in [-0.2, -0.15) is 5.10 Å². The predicted molar refractivity (Wildman–Crippen MR) is 147 cm³/mol. The van der Waals surface area contributed by atoms with Gasteiger partial charge in [-0.05, 0) is 60.0 Å². The SMILES string of the molecule is O=C(Nc1ccc2c3cnc(Nc4cccc(F)c4)nc3c3c(nn4ccccc34)c2c1)c1c(F)cccc1F. The van der Waals surface area contributed by atoms with E-state index >= 15 is 0 Å². The molecule has 7 aromatic rings. The topological polar surface area (TPSA) is 84.2 Å². The van der Waals surface area contributed by atoms with Gasteiger partial charge in [-0.1, -0.05) is 24.3 Å². The Kier molecular flexibility index (Phi) is 5.34. The molecule has 1 amide bonds. The molecule has 0 saturated carbocycles. The van der Waals surface area contributed by atoms with E-state index in [1.165, 1.54) is 18.2 Å². The number of hydrogen-bond donors (Lipinski definition) is 2. The average Bonchev–Trinajstić information content (AvgIpc) is 3.33. The van der Waals surface area contributed by atoms with Crippen LogP contribution in [0.2, 0.25) is 0 Å². The van der Waals surface area contributed by atoms with Gasteiger partial charge in [-0.3, -0.25) is 4.79 Å². The van der Waals surface area contributed by atoms with E-state index in [1.54, 1.807) is 41.0 Å². The first-order valence-electron chi connectivity index (χ1n) is 12.2. The van der Waals surface area contributed by atoms with Crippen LogP contribution in [0.3, 0.4) is 0 Å². The average molecular weight is 535 g/mol.